The SMILES string of the molecule is Fc1ccc(-c2nccc3[nH]c(-c4n[nH]c5cc(F)c(-c6cncc(CNCC7CCCC7)c6)cc45)nc23)s1. The Bertz CT molecular complexity index is 1800. The number of imidazole rings is 1. The summed E-state index contributed by atoms with van der Waals surface area (Å²) in [5.74, 6) is 0.909. The number of thiophene rings is 1. The van der Waals surface area contributed by atoms with Crippen molar-refractivity contribution in [2.45, 2.75) is 32.2 Å². The van der Waals surface area contributed by atoms with E-state index in [-0.39, 0.29) is 10.9 Å². The Balaban J connectivity index is 1.23. The second-order valence-corrected chi connectivity index (χ2v) is 11.1. The van der Waals surface area contributed by atoms with E-state index in [2.05, 4.69) is 30.5 Å². The standard InChI is InChI=1S/C29H25F2N7S/c30-21-11-23-20(10-19(21)18-9-17(14-33-15-18)13-32-12-16-3-1-2-4-16)26(38-37-23)29-35-22-7-8-34-28(27(22)36-29)24-5-6-25(31)39-24/h5-11,14-16,32H,1-4,12-13H2,(H,35,36)(H,37,38). The summed E-state index contributed by atoms with van der Waals surface area (Å²) in [7, 11) is 0. The number of benzene rings is 1. The van der Waals surface area contributed by atoms with Crippen LogP contribution in [0, 0.1) is 16.9 Å². The van der Waals surface area contributed by atoms with Crippen molar-refractivity contribution in [2.75, 3.05) is 6.54 Å². The molecule has 5 heterocycles. The maximum atomic E-state index is 15.3. The second kappa shape index (κ2) is 9.94. The Kier molecular flexibility index (Phi) is 6.13. The molecule has 0 spiro atoms. The number of fused-ring (bicyclic) bond motifs is 2. The van der Waals surface area contributed by atoms with Crippen molar-refractivity contribution < 1.29 is 8.78 Å². The molecule has 7 rings (SSSR count). The molecule has 1 aliphatic rings. The van der Waals surface area contributed by atoms with E-state index in [0.29, 0.717) is 50.8 Å². The van der Waals surface area contributed by atoms with Crippen molar-refractivity contribution in [1.82, 2.24) is 35.5 Å². The molecule has 6 aromatic rings. The summed E-state index contributed by atoms with van der Waals surface area (Å²) >= 11 is 1.02. The van der Waals surface area contributed by atoms with Crippen molar-refractivity contribution in [1.29, 1.82) is 0 Å². The van der Waals surface area contributed by atoms with Crippen molar-refractivity contribution in [2.24, 2.45) is 5.92 Å². The highest BCUT2D eigenvalue weighted by atomic mass is 32.1. The first-order valence-electron chi connectivity index (χ1n) is 13.1. The summed E-state index contributed by atoms with van der Waals surface area (Å²) in [5, 5.41) is 11.4. The van der Waals surface area contributed by atoms with Gasteiger partial charge in [0.2, 0.25) is 0 Å². The van der Waals surface area contributed by atoms with Gasteiger partial charge in [0, 0.05) is 47.7 Å². The lowest BCUT2D eigenvalue weighted by Crippen LogP contribution is -2.20. The smallest absolute Gasteiger partial charge is 0.177 e. The number of halogens is 2. The van der Waals surface area contributed by atoms with Crippen LogP contribution in [0.1, 0.15) is 31.2 Å². The predicted octanol–water partition coefficient (Wildman–Crippen LogP) is 6.85. The molecule has 0 saturated heterocycles. The van der Waals surface area contributed by atoms with Gasteiger partial charge in [0.25, 0.3) is 0 Å². The van der Waals surface area contributed by atoms with Crippen LogP contribution in [-0.2, 0) is 6.54 Å². The fraction of sp³-hybridized carbons (Fsp3) is 0.241. The van der Waals surface area contributed by atoms with E-state index in [1.807, 2.05) is 18.3 Å². The molecule has 39 heavy (non-hydrogen) atoms. The lowest BCUT2D eigenvalue weighted by molar-refractivity contribution is 0.489. The molecule has 196 valence electrons. The van der Waals surface area contributed by atoms with Crippen LogP contribution in [0.4, 0.5) is 8.78 Å². The van der Waals surface area contributed by atoms with E-state index in [1.165, 1.54) is 37.8 Å². The summed E-state index contributed by atoms with van der Waals surface area (Å²) in [6.07, 6.45) is 10.4. The van der Waals surface area contributed by atoms with E-state index in [1.54, 1.807) is 24.5 Å². The van der Waals surface area contributed by atoms with Gasteiger partial charge in [0.15, 0.2) is 11.0 Å². The van der Waals surface area contributed by atoms with Crippen LogP contribution in [0.5, 0.6) is 0 Å². The van der Waals surface area contributed by atoms with Crippen LogP contribution >= 0.6 is 11.3 Å². The van der Waals surface area contributed by atoms with Crippen molar-refractivity contribution >= 4 is 33.3 Å². The molecule has 0 amide bonds. The van der Waals surface area contributed by atoms with Gasteiger partial charge in [-0.2, -0.15) is 9.49 Å². The number of aromatic nitrogens is 6. The topological polar surface area (TPSA) is 95.2 Å². The summed E-state index contributed by atoms with van der Waals surface area (Å²) in [5.41, 5.74) is 5.26. The zero-order chi connectivity index (χ0) is 26.3. The maximum Gasteiger partial charge on any atom is 0.177 e. The fourth-order valence-corrected chi connectivity index (χ4v) is 6.20. The molecule has 0 aliphatic heterocycles. The van der Waals surface area contributed by atoms with Gasteiger partial charge in [-0.3, -0.25) is 15.1 Å². The Morgan fingerprint density at radius 3 is 2.74 bits per heavy atom. The normalized spacial score (nSPS) is 14.2. The van der Waals surface area contributed by atoms with Gasteiger partial charge in [-0.15, -0.1) is 11.3 Å². The Labute approximate surface area is 226 Å². The minimum atomic E-state index is -0.355. The van der Waals surface area contributed by atoms with Gasteiger partial charge in [-0.05, 0) is 61.2 Å². The summed E-state index contributed by atoms with van der Waals surface area (Å²) in [6.45, 7) is 1.70. The van der Waals surface area contributed by atoms with Gasteiger partial charge in [-0.25, -0.2) is 9.37 Å². The maximum absolute atomic E-state index is 15.3. The van der Waals surface area contributed by atoms with Crippen molar-refractivity contribution in [3.8, 4) is 33.2 Å². The number of hydrogen-bond donors (Lipinski definition) is 3. The molecule has 0 unspecified atom stereocenters. The molecule has 0 atom stereocenters. The average Bonchev–Trinajstić information content (AvgIpc) is 3.74. The minimum Gasteiger partial charge on any atom is -0.336 e. The van der Waals surface area contributed by atoms with Gasteiger partial charge < -0.3 is 10.3 Å². The third-order valence-corrected chi connectivity index (χ3v) is 8.31. The highest BCUT2D eigenvalue weighted by molar-refractivity contribution is 7.13. The monoisotopic (exact) mass is 541 g/mol. The predicted molar refractivity (Wildman–Crippen MR) is 149 cm³/mol. The number of aromatic amines is 2. The molecule has 1 fully saturated rings. The Morgan fingerprint density at radius 1 is 1.00 bits per heavy atom. The quantitative estimate of drug-likeness (QED) is 0.205. The molecule has 0 bridgehead atoms. The molecular formula is C29H25F2N7S. The largest absolute Gasteiger partial charge is 0.336 e. The van der Waals surface area contributed by atoms with Gasteiger partial charge >= 0.3 is 0 Å². The van der Waals surface area contributed by atoms with Crippen LogP contribution in [0.25, 0.3) is 55.2 Å². The first kappa shape index (κ1) is 24.1. The molecule has 7 nitrogen and oxygen atoms in total. The van der Waals surface area contributed by atoms with Crippen LogP contribution in [0.2, 0.25) is 0 Å². The van der Waals surface area contributed by atoms with E-state index in [0.717, 1.165) is 40.3 Å². The first-order valence-corrected chi connectivity index (χ1v) is 13.9. The zero-order valence-corrected chi connectivity index (χ0v) is 21.8. The summed E-state index contributed by atoms with van der Waals surface area (Å²) in [4.78, 5) is 17.6. The number of rotatable bonds is 7. The first-order chi connectivity index (χ1) is 19.1. The summed E-state index contributed by atoms with van der Waals surface area (Å²) in [6, 6.07) is 10.2. The van der Waals surface area contributed by atoms with Crippen molar-refractivity contribution in [3.63, 3.8) is 0 Å². The molecular weight excluding hydrogens is 516 g/mol. The number of pyridine rings is 2. The highest BCUT2D eigenvalue weighted by Crippen LogP contribution is 2.35. The van der Waals surface area contributed by atoms with Crippen LogP contribution in [0.3, 0.4) is 0 Å². The third kappa shape index (κ3) is 4.59. The number of nitrogens with one attached hydrogen (secondary N) is 3. The molecule has 3 N–H and O–H groups in total. The molecule has 1 saturated carbocycles. The third-order valence-electron chi connectivity index (χ3n) is 7.43. The number of H-pyrrole nitrogens is 2. The van der Waals surface area contributed by atoms with Crippen LogP contribution in [-0.4, -0.2) is 36.7 Å². The Morgan fingerprint density at radius 2 is 1.90 bits per heavy atom. The van der Waals surface area contributed by atoms with Crippen LogP contribution < -0.4 is 5.32 Å². The molecule has 1 aromatic carbocycles. The molecule has 5 aromatic heterocycles. The van der Waals surface area contributed by atoms with Crippen LogP contribution in [0.15, 0.2) is 55.0 Å². The number of nitrogens with zero attached hydrogens (tertiary/aromatic N) is 4. The summed E-state index contributed by atoms with van der Waals surface area (Å²) < 4.78 is 28.9. The lowest BCUT2D eigenvalue weighted by Gasteiger charge is -2.11. The molecule has 1 aliphatic carbocycles. The minimum absolute atomic E-state index is 0.282. The fourth-order valence-electron chi connectivity index (χ4n) is 5.48. The zero-order valence-electron chi connectivity index (χ0n) is 21.0. The van der Waals surface area contributed by atoms with E-state index < -0.39 is 0 Å². The van der Waals surface area contributed by atoms with Crippen molar-refractivity contribution in [3.05, 3.63) is 71.5 Å². The van der Waals surface area contributed by atoms with Gasteiger partial charge in [0.1, 0.15) is 22.7 Å². The van der Waals surface area contributed by atoms with E-state index >= 15 is 4.39 Å². The average molecular weight is 542 g/mol. The van der Waals surface area contributed by atoms with E-state index in [4.69, 9.17) is 4.98 Å². The van der Waals surface area contributed by atoms with Gasteiger partial charge in [-0.1, -0.05) is 12.8 Å². The molecule has 0 radical (unpaired) electrons. The van der Waals surface area contributed by atoms with Gasteiger partial charge in [0.05, 0.1) is 15.9 Å². The Hall–Kier alpha value is -4.02. The molecule has 10 heteroatoms. The number of hydrogen-bond acceptors (Lipinski definition) is 6. The van der Waals surface area contributed by atoms with E-state index in [9.17, 15) is 4.39 Å². The highest BCUT2D eigenvalue weighted by Gasteiger charge is 2.19. The second-order valence-electron chi connectivity index (χ2n) is 10.1. The lowest BCUT2D eigenvalue weighted by atomic mass is 10.0.